The van der Waals surface area contributed by atoms with Crippen molar-refractivity contribution in [3.05, 3.63) is 47.2 Å². The van der Waals surface area contributed by atoms with Crippen LogP contribution in [-0.2, 0) is 20.7 Å². The lowest BCUT2D eigenvalue weighted by molar-refractivity contribution is -0.152. The van der Waals surface area contributed by atoms with Crippen LogP contribution in [0.5, 0.6) is 0 Å². The average molecular weight is 343 g/mol. The zero-order valence-electron chi connectivity index (χ0n) is 15.4. The van der Waals surface area contributed by atoms with E-state index in [0.29, 0.717) is 5.82 Å². The van der Waals surface area contributed by atoms with Crippen molar-refractivity contribution in [1.82, 2.24) is 9.78 Å². The summed E-state index contributed by atoms with van der Waals surface area (Å²) in [6, 6.07) is 7.66. The molecule has 0 saturated heterocycles. The van der Waals surface area contributed by atoms with Gasteiger partial charge in [-0.15, -0.1) is 0 Å². The van der Waals surface area contributed by atoms with Crippen LogP contribution in [0.4, 0.5) is 5.82 Å². The molecule has 0 unspecified atom stereocenters. The lowest BCUT2D eigenvalue weighted by atomic mass is 10.0. The van der Waals surface area contributed by atoms with Crippen molar-refractivity contribution in [2.75, 3.05) is 5.32 Å². The van der Waals surface area contributed by atoms with E-state index in [0.717, 1.165) is 11.1 Å². The Kier molecular flexibility index (Phi) is 5.96. The van der Waals surface area contributed by atoms with Crippen LogP contribution in [0, 0.1) is 13.8 Å². The smallest absolute Gasteiger partial charge is 0.311 e. The summed E-state index contributed by atoms with van der Waals surface area (Å²) in [6.07, 6.45) is 0.879. The van der Waals surface area contributed by atoms with Gasteiger partial charge in [0.15, 0.2) is 6.10 Å². The van der Waals surface area contributed by atoms with Gasteiger partial charge >= 0.3 is 5.97 Å². The molecule has 1 aromatic carbocycles. The minimum absolute atomic E-state index is 0.118. The SMILES string of the molecule is Cc1ccc(CC(=O)O[C@H](C)C(=O)Nc2ccnn2C(C)C)cc1C. The first kappa shape index (κ1) is 18.7. The molecule has 2 aromatic rings. The first-order valence-electron chi connectivity index (χ1n) is 8.38. The van der Waals surface area contributed by atoms with E-state index in [-0.39, 0.29) is 18.4 Å². The highest BCUT2D eigenvalue weighted by Gasteiger charge is 2.20. The maximum atomic E-state index is 12.2. The molecule has 6 heteroatoms. The first-order chi connectivity index (χ1) is 11.8. The third-order valence-corrected chi connectivity index (χ3v) is 4.01. The second-order valence-corrected chi connectivity index (χ2v) is 6.47. The molecule has 1 atom stereocenters. The number of aromatic nitrogens is 2. The summed E-state index contributed by atoms with van der Waals surface area (Å²) in [5.74, 6) is -0.226. The molecule has 1 amide bonds. The van der Waals surface area contributed by atoms with E-state index in [1.165, 1.54) is 5.56 Å². The number of nitrogens with one attached hydrogen (secondary N) is 1. The largest absolute Gasteiger partial charge is 0.452 e. The molecule has 0 aliphatic heterocycles. The molecule has 25 heavy (non-hydrogen) atoms. The number of nitrogens with zero attached hydrogens (tertiary/aromatic N) is 2. The molecule has 0 aliphatic rings. The highest BCUT2D eigenvalue weighted by molar-refractivity contribution is 5.94. The fourth-order valence-corrected chi connectivity index (χ4v) is 2.43. The van der Waals surface area contributed by atoms with E-state index in [1.807, 2.05) is 45.9 Å². The molecule has 1 heterocycles. The highest BCUT2D eigenvalue weighted by Crippen LogP contribution is 2.14. The van der Waals surface area contributed by atoms with Gasteiger partial charge in [-0.1, -0.05) is 18.2 Å². The molecule has 0 aliphatic carbocycles. The molecule has 0 bridgehead atoms. The predicted octanol–water partition coefficient (Wildman–Crippen LogP) is 3.19. The van der Waals surface area contributed by atoms with Gasteiger partial charge < -0.3 is 10.1 Å². The van der Waals surface area contributed by atoms with Gasteiger partial charge in [0.1, 0.15) is 5.82 Å². The third kappa shape index (κ3) is 4.92. The summed E-state index contributed by atoms with van der Waals surface area (Å²) in [5.41, 5.74) is 3.17. The summed E-state index contributed by atoms with van der Waals surface area (Å²) in [7, 11) is 0. The van der Waals surface area contributed by atoms with Crippen molar-refractivity contribution in [1.29, 1.82) is 0 Å². The van der Waals surface area contributed by atoms with E-state index < -0.39 is 12.1 Å². The Morgan fingerprint density at radius 2 is 1.88 bits per heavy atom. The Morgan fingerprint density at radius 1 is 1.16 bits per heavy atom. The van der Waals surface area contributed by atoms with Crippen LogP contribution in [0.25, 0.3) is 0 Å². The average Bonchev–Trinajstić information content (AvgIpc) is 2.99. The molecular weight excluding hydrogens is 318 g/mol. The van der Waals surface area contributed by atoms with E-state index in [1.54, 1.807) is 23.9 Å². The standard InChI is InChI=1S/C19H25N3O3/c1-12(2)22-17(8-9-20-22)21-19(24)15(5)25-18(23)11-16-7-6-13(3)14(4)10-16/h6-10,12,15H,11H2,1-5H3,(H,21,24)/t15-/m1/s1. The van der Waals surface area contributed by atoms with Gasteiger partial charge in [0.05, 0.1) is 12.6 Å². The molecule has 2 rings (SSSR count). The van der Waals surface area contributed by atoms with Crippen LogP contribution >= 0.6 is 0 Å². The van der Waals surface area contributed by atoms with Crippen molar-refractivity contribution >= 4 is 17.7 Å². The van der Waals surface area contributed by atoms with Gasteiger partial charge in [0.2, 0.25) is 0 Å². The minimum atomic E-state index is -0.880. The number of esters is 1. The molecule has 6 nitrogen and oxygen atoms in total. The number of carbonyl (C=O) groups is 2. The van der Waals surface area contributed by atoms with Crippen LogP contribution in [0.1, 0.15) is 43.5 Å². The van der Waals surface area contributed by atoms with Gasteiger partial charge in [-0.05, 0) is 51.3 Å². The Labute approximate surface area is 148 Å². The molecule has 0 spiro atoms. The second-order valence-electron chi connectivity index (χ2n) is 6.47. The summed E-state index contributed by atoms with van der Waals surface area (Å²) in [4.78, 5) is 24.3. The van der Waals surface area contributed by atoms with Gasteiger partial charge in [-0.2, -0.15) is 5.10 Å². The Hall–Kier alpha value is -2.63. The zero-order chi connectivity index (χ0) is 18.6. The Bertz CT molecular complexity index is 765. The topological polar surface area (TPSA) is 73.2 Å². The molecular formula is C19H25N3O3. The maximum absolute atomic E-state index is 12.2. The van der Waals surface area contributed by atoms with Gasteiger partial charge in [0.25, 0.3) is 5.91 Å². The molecule has 0 saturated carbocycles. The number of anilines is 1. The molecule has 0 fully saturated rings. The van der Waals surface area contributed by atoms with E-state index in [4.69, 9.17) is 4.74 Å². The maximum Gasteiger partial charge on any atom is 0.311 e. The Morgan fingerprint density at radius 3 is 2.52 bits per heavy atom. The Balaban J connectivity index is 1.92. The number of ether oxygens (including phenoxy) is 1. The highest BCUT2D eigenvalue weighted by atomic mass is 16.5. The van der Waals surface area contributed by atoms with Gasteiger partial charge in [0, 0.05) is 12.1 Å². The van der Waals surface area contributed by atoms with Crippen molar-refractivity contribution in [3.8, 4) is 0 Å². The van der Waals surface area contributed by atoms with Crippen LogP contribution in [0.15, 0.2) is 30.5 Å². The van der Waals surface area contributed by atoms with Crippen molar-refractivity contribution in [2.45, 2.75) is 53.2 Å². The molecule has 1 aromatic heterocycles. The van der Waals surface area contributed by atoms with Gasteiger partial charge in [-0.3, -0.25) is 9.59 Å². The summed E-state index contributed by atoms with van der Waals surface area (Å²) >= 11 is 0. The normalized spacial score (nSPS) is 12.1. The fourth-order valence-electron chi connectivity index (χ4n) is 2.43. The predicted molar refractivity (Wildman–Crippen MR) is 96.4 cm³/mol. The van der Waals surface area contributed by atoms with Crippen molar-refractivity contribution in [3.63, 3.8) is 0 Å². The number of hydrogen-bond donors (Lipinski definition) is 1. The van der Waals surface area contributed by atoms with Crippen LogP contribution in [-0.4, -0.2) is 27.8 Å². The van der Waals surface area contributed by atoms with Crippen LogP contribution in [0.3, 0.4) is 0 Å². The number of carbonyl (C=O) groups excluding carboxylic acids is 2. The number of rotatable bonds is 6. The molecule has 134 valence electrons. The lowest BCUT2D eigenvalue weighted by Gasteiger charge is -2.16. The first-order valence-corrected chi connectivity index (χ1v) is 8.38. The van der Waals surface area contributed by atoms with Crippen LogP contribution in [0.2, 0.25) is 0 Å². The van der Waals surface area contributed by atoms with E-state index in [2.05, 4.69) is 10.4 Å². The number of aryl methyl sites for hydroxylation is 2. The van der Waals surface area contributed by atoms with Crippen molar-refractivity contribution in [2.24, 2.45) is 0 Å². The second kappa shape index (κ2) is 7.96. The summed E-state index contributed by atoms with van der Waals surface area (Å²) in [5, 5.41) is 6.90. The van der Waals surface area contributed by atoms with E-state index >= 15 is 0 Å². The number of amides is 1. The molecule has 0 radical (unpaired) electrons. The van der Waals surface area contributed by atoms with E-state index in [9.17, 15) is 9.59 Å². The minimum Gasteiger partial charge on any atom is -0.452 e. The lowest BCUT2D eigenvalue weighted by Crippen LogP contribution is -2.31. The van der Waals surface area contributed by atoms with Gasteiger partial charge in [-0.25, -0.2) is 4.68 Å². The zero-order valence-corrected chi connectivity index (χ0v) is 15.4. The third-order valence-electron chi connectivity index (χ3n) is 4.01. The number of hydrogen-bond acceptors (Lipinski definition) is 4. The molecule has 1 N–H and O–H groups in total. The quantitative estimate of drug-likeness (QED) is 0.818. The fraction of sp³-hybridized carbons (Fsp3) is 0.421. The van der Waals surface area contributed by atoms with Crippen molar-refractivity contribution < 1.29 is 14.3 Å². The summed E-state index contributed by atoms with van der Waals surface area (Å²) in [6.45, 7) is 9.51. The summed E-state index contributed by atoms with van der Waals surface area (Å²) < 4.78 is 6.95. The number of benzene rings is 1. The monoisotopic (exact) mass is 343 g/mol. The van der Waals surface area contributed by atoms with Crippen LogP contribution < -0.4 is 5.32 Å².